The molecule has 0 spiro atoms. The second kappa shape index (κ2) is 6.83. The highest BCUT2D eigenvalue weighted by atomic mass is 16.5. The Bertz CT molecular complexity index is 623. The van der Waals surface area contributed by atoms with E-state index in [0.717, 1.165) is 12.4 Å². The summed E-state index contributed by atoms with van der Waals surface area (Å²) < 4.78 is 5.46. The van der Waals surface area contributed by atoms with Crippen molar-refractivity contribution in [2.75, 3.05) is 7.05 Å². The van der Waals surface area contributed by atoms with E-state index in [9.17, 15) is 0 Å². The van der Waals surface area contributed by atoms with Crippen LogP contribution >= 0.6 is 0 Å². The van der Waals surface area contributed by atoms with Gasteiger partial charge in [-0.2, -0.15) is 4.98 Å². The van der Waals surface area contributed by atoms with Gasteiger partial charge in [0, 0.05) is 12.0 Å². The number of hydrogen-bond acceptors (Lipinski definition) is 4. The molecule has 1 unspecified atom stereocenters. The summed E-state index contributed by atoms with van der Waals surface area (Å²) >= 11 is 0. The first-order chi connectivity index (χ1) is 10.7. The molecule has 1 aromatic carbocycles. The Hall–Kier alpha value is -1.68. The van der Waals surface area contributed by atoms with Crippen LogP contribution in [0.1, 0.15) is 76.3 Å². The van der Waals surface area contributed by atoms with Crippen LogP contribution in [0, 0.1) is 0 Å². The highest BCUT2D eigenvalue weighted by molar-refractivity contribution is 5.24. The van der Waals surface area contributed by atoms with E-state index in [4.69, 9.17) is 4.52 Å². The lowest BCUT2D eigenvalue weighted by atomic mass is 9.96. The van der Waals surface area contributed by atoms with Crippen LogP contribution in [0.2, 0.25) is 0 Å². The Morgan fingerprint density at radius 1 is 1.09 bits per heavy atom. The largest absolute Gasteiger partial charge is 0.338 e. The summed E-state index contributed by atoms with van der Waals surface area (Å²) in [5.41, 5.74) is 2.57. The lowest BCUT2D eigenvalue weighted by Crippen LogP contribution is -2.22. The lowest BCUT2D eigenvalue weighted by Gasteiger charge is -2.22. The molecule has 0 aliphatic heterocycles. The van der Waals surface area contributed by atoms with Crippen LogP contribution in [0.4, 0.5) is 0 Å². The Kier molecular flexibility index (Phi) is 5.25. The third kappa shape index (κ3) is 4.41. The quantitative estimate of drug-likeness (QED) is 0.803. The Morgan fingerprint density at radius 3 is 2.17 bits per heavy atom. The van der Waals surface area contributed by atoms with Gasteiger partial charge in [0.2, 0.25) is 5.89 Å². The molecule has 0 saturated carbocycles. The van der Waals surface area contributed by atoms with Gasteiger partial charge < -0.3 is 4.52 Å². The molecule has 1 atom stereocenters. The average molecular weight is 315 g/mol. The first kappa shape index (κ1) is 17.7. The van der Waals surface area contributed by atoms with Crippen molar-refractivity contribution in [1.82, 2.24) is 15.0 Å². The highest BCUT2D eigenvalue weighted by Gasteiger charge is 2.24. The minimum Gasteiger partial charge on any atom is -0.338 e. The van der Waals surface area contributed by atoms with Crippen molar-refractivity contribution in [2.24, 2.45) is 0 Å². The third-order valence-electron chi connectivity index (χ3n) is 4.21. The van der Waals surface area contributed by atoms with E-state index >= 15 is 0 Å². The van der Waals surface area contributed by atoms with E-state index in [1.54, 1.807) is 0 Å². The molecular formula is C19H29N3O. The zero-order valence-corrected chi connectivity index (χ0v) is 15.4. The number of aromatic nitrogens is 2. The van der Waals surface area contributed by atoms with Crippen LogP contribution in [0.5, 0.6) is 0 Å². The normalized spacial score (nSPS) is 13.8. The zero-order valence-electron chi connectivity index (χ0n) is 15.4. The van der Waals surface area contributed by atoms with Crippen LogP contribution in [0.3, 0.4) is 0 Å². The smallest absolute Gasteiger partial charge is 0.243 e. The van der Waals surface area contributed by atoms with E-state index in [1.165, 1.54) is 11.1 Å². The molecule has 0 fully saturated rings. The monoisotopic (exact) mass is 315 g/mol. The van der Waals surface area contributed by atoms with Crippen LogP contribution in [0.25, 0.3) is 0 Å². The molecule has 0 aliphatic rings. The van der Waals surface area contributed by atoms with Crippen molar-refractivity contribution in [2.45, 2.75) is 65.5 Å². The van der Waals surface area contributed by atoms with Crippen LogP contribution in [-0.4, -0.2) is 22.1 Å². The van der Waals surface area contributed by atoms with Crippen molar-refractivity contribution in [3.05, 3.63) is 47.1 Å². The van der Waals surface area contributed by atoms with E-state index in [2.05, 4.69) is 87.9 Å². The van der Waals surface area contributed by atoms with E-state index in [1.807, 2.05) is 0 Å². The van der Waals surface area contributed by atoms with Crippen LogP contribution in [-0.2, 0) is 12.0 Å². The minimum atomic E-state index is -0.0906. The fourth-order valence-corrected chi connectivity index (χ4v) is 2.33. The van der Waals surface area contributed by atoms with Crippen molar-refractivity contribution in [3.63, 3.8) is 0 Å². The number of rotatable bonds is 5. The average Bonchev–Trinajstić information content (AvgIpc) is 2.96. The molecule has 0 radical (unpaired) electrons. The first-order valence-electron chi connectivity index (χ1n) is 8.31. The standard InChI is InChI=1S/C19H29N3O/c1-13(2)16-10-8-15(9-11-16)12-22(7)14(3)17-20-18(21-23-17)19(4,5)6/h8-11,13-14H,12H2,1-7H3. The zero-order chi connectivity index (χ0) is 17.2. The van der Waals surface area contributed by atoms with Crippen molar-refractivity contribution >= 4 is 0 Å². The maximum atomic E-state index is 5.46. The molecule has 126 valence electrons. The SMILES string of the molecule is CC(C)c1ccc(CN(C)C(C)c2nc(C(C)(C)C)no2)cc1. The summed E-state index contributed by atoms with van der Waals surface area (Å²) in [4.78, 5) is 6.79. The third-order valence-corrected chi connectivity index (χ3v) is 4.21. The van der Waals surface area contributed by atoms with Gasteiger partial charge in [-0.3, -0.25) is 4.90 Å². The Morgan fingerprint density at radius 2 is 1.70 bits per heavy atom. The molecule has 0 N–H and O–H groups in total. The summed E-state index contributed by atoms with van der Waals surface area (Å²) in [5, 5.41) is 4.12. The summed E-state index contributed by atoms with van der Waals surface area (Å²) in [6.45, 7) is 13.7. The molecule has 0 saturated heterocycles. The first-order valence-corrected chi connectivity index (χ1v) is 8.31. The van der Waals surface area contributed by atoms with Gasteiger partial charge in [-0.25, -0.2) is 0 Å². The van der Waals surface area contributed by atoms with Crippen LogP contribution in [0.15, 0.2) is 28.8 Å². The van der Waals surface area contributed by atoms with Gasteiger partial charge in [0.25, 0.3) is 0 Å². The van der Waals surface area contributed by atoms with Gasteiger partial charge >= 0.3 is 0 Å². The molecule has 4 heteroatoms. The molecule has 23 heavy (non-hydrogen) atoms. The van der Waals surface area contributed by atoms with Gasteiger partial charge in [-0.05, 0) is 31.0 Å². The second-order valence-electron chi connectivity index (χ2n) is 7.69. The van der Waals surface area contributed by atoms with Crippen molar-refractivity contribution in [3.8, 4) is 0 Å². The maximum Gasteiger partial charge on any atom is 0.243 e. The molecule has 2 aromatic rings. The van der Waals surface area contributed by atoms with Gasteiger partial charge in [0.1, 0.15) is 0 Å². The molecule has 1 aromatic heterocycles. The number of nitrogens with zero attached hydrogens (tertiary/aromatic N) is 3. The van der Waals surface area contributed by atoms with Gasteiger partial charge in [0.15, 0.2) is 5.82 Å². The topological polar surface area (TPSA) is 42.2 Å². The minimum absolute atomic E-state index is 0.0865. The summed E-state index contributed by atoms with van der Waals surface area (Å²) in [6, 6.07) is 8.91. The predicted molar refractivity (Wildman–Crippen MR) is 93.4 cm³/mol. The Balaban J connectivity index is 2.04. The molecule has 1 heterocycles. The van der Waals surface area contributed by atoms with Crippen molar-refractivity contribution < 1.29 is 4.52 Å². The number of hydrogen-bond donors (Lipinski definition) is 0. The second-order valence-corrected chi connectivity index (χ2v) is 7.69. The van der Waals surface area contributed by atoms with Crippen LogP contribution < -0.4 is 0 Å². The maximum absolute atomic E-state index is 5.46. The molecule has 0 amide bonds. The van der Waals surface area contributed by atoms with E-state index < -0.39 is 0 Å². The van der Waals surface area contributed by atoms with Crippen molar-refractivity contribution in [1.29, 1.82) is 0 Å². The Labute approximate surface area is 139 Å². The molecule has 2 rings (SSSR count). The van der Waals surface area contributed by atoms with Gasteiger partial charge in [0.05, 0.1) is 6.04 Å². The predicted octanol–water partition coefficient (Wildman–Crippen LogP) is 4.68. The summed E-state index contributed by atoms with van der Waals surface area (Å²) in [5.74, 6) is 2.00. The summed E-state index contributed by atoms with van der Waals surface area (Å²) in [6.07, 6.45) is 0. The fourth-order valence-electron chi connectivity index (χ4n) is 2.33. The van der Waals surface area contributed by atoms with Gasteiger partial charge in [-0.1, -0.05) is 64.0 Å². The fraction of sp³-hybridized carbons (Fsp3) is 0.579. The van der Waals surface area contributed by atoms with Gasteiger partial charge in [-0.15, -0.1) is 0 Å². The molecule has 4 nitrogen and oxygen atoms in total. The van der Waals surface area contributed by atoms with E-state index in [0.29, 0.717) is 11.8 Å². The summed E-state index contributed by atoms with van der Waals surface area (Å²) in [7, 11) is 2.09. The number of benzene rings is 1. The molecule has 0 bridgehead atoms. The molecular weight excluding hydrogens is 286 g/mol. The lowest BCUT2D eigenvalue weighted by molar-refractivity contribution is 0.202. The van der Waals surface area contributed by atoms with E-state index in [-0.39, 0.29) is 11.5 Å². The highest BCUT2D eigenvalue weighted by Crippen LogP contribution is 2.24. The molecule has 0 aliphatic carbocycles.